The molecule has 4 nitrogen and oxygen atoms in total. The van der Waals surface area contributed by atoms with E-state index in [4.69, 9.17) is 4.74 Å². The Morgan fingerprint density at radius 2 is 1.92 bits per heavy atom. The van der Waals surface area contributed by atoms with E-state index in [2.05, 4.69) is 23.2 Å². The zero-order valence-electron chi connectivity index (χ0n) is 14.3. The van der Waals surface area contributed by atoms with Crippen molar-refractivity contribution in [2.24, 2.45) is 0 Å². The number of rotatable bonds is 5. The Morgan fingerprint density at radius 1 is 1.12 bits per heavy atom. The van der Waals surface area contributed by atoms with Gasteiger partial charge in [-0.1, -0.05) is 24.3 Å². The van der Waals surface area contributed by atoms with Gasteiger partial charge in [0.1, 0.15) is 22.9 Å². The molecule has 0 saturated heterocycles. The molecular weight excluding hydrogens is 346 g/mol. The van der Waals surface area contributed by atoms with Crippen molar-refractivity contribution in [1.82, 2.24) is 4.98 Å². The number of nitrogens with zero attached hydrogens (tertiary/aromatic N) is 1. The van der Waals surface area contributed by atoms with Gasteiger partial charge in [-0.2, -0.15) is 0 Å². The van der Waals surface area contributed by atoms with Crippen molar-refractivity contribution in [3.8, 4) is 17.0 Å². The number of para-hydroxylation sites is 1. The van der Waals surface area contributed by atoms with Crippen molar-refractivity contribution in [2.75, 3.05) is 0 Å². The standard InChI is InChI=1S/C21H19NO3S/c23-21(24)17-7-3-4-8-19(17)25-12-20-22-18(13-26-20)16-10-9-14-5-1-2-6-15(14)11-16/h3-4,7-11,13H,1-2,5-6,12H2,(H,23,24). The largest absolute Gasteiger partial charge is 0.486 e. The molecule has 1 aromatic heterocycles. The molecule has 0 bridgehead atoms. The van der Waals surface area contributed by atoms with Gasteiger partial charge in [-0.25, -0.2) is 9.78 Å². The summed E-state index contributed by atoms with van der Waals surface area (Å²) in [7, 11) is 0. The third kappa shape index (κ3) is 3.48. The molecule has 26 heavy (non-hydrogen) atoms. The summed E-state index contributed by atoms with van der Waals surface area (Å²) in [4.78, 5) is 15.9. The fourth-order valence-corrected chi connectivity index (χ4v) is 4.03. The molecule has 0 radical (unpaired) electrons. The maximum absolute atomic E-state index is 11.2. The Hall–Kier alpha value is -2.66. The summed E-state index contributed by atoms with van der Waals surface area (Å²) in [5.41, 5.74) is 5.16. The number of thiazole rings is 1. The highest BCUT2D eigenvalue weighted by Gasteiger charge is 2.13. The summed E-state index contributed by atoms with van der Waals surface area (Å²) in [6.45, 7) is 0.264. The second kappa shape index (κ2) is 7.30. The van der Waals surface area contributed by atoms with E-state index in [1.807, 2.05) is 5.38 Å². The second-order valence-corrected chi connectivity index (χ2v) is 7.35. The lowest BCUT2D eigenvalue weighted by atomic mass is 9.90. The van der Waals surface area contributed by atoms with E-state index >= 15 is 0 Å². The van der Waals surface area contributed by atoms with Crippen LogP contribution in [0.5, 0.6) is 5.75 Å². The lowest BCUT2D eigenvalue weighted by Crippen LogP contribution is -2.03. The number of carbonyl (C=O) groups is 1. The van der Waals surface area contributed by atoms with Crippen molar-refractivity contribution in [3.05, 3.63) is 69.5 Å². The summed E-state index contributed by atoms with van der Waals surface area (Å²) in [5.74, 6) is -0.625. The first-order chi connectivity index (χ1) is 12.7. The molecule has 0 aliphatic heterocycles. The Balaban J connectivity index is 1.50. The molecule has 0 amide bonds. The van der Waals surface area contributed by atoms with Crippen LogP contribution < -0.4 is 4.74 Å². The molecule has 0 fully saturated rings. The van der Waals surface area contributed by atoms with Crippen molar-refractivity contribution in [3.63, 3.8) is 0 Å². The molecule has 1 heterocycles. The number of carboxylic acid groups (broad SMARTS) is 1. The van der Waals surface area contributed by atoms with E-state index in [0.717, 1.165) is 22.7 Å². The maximum atomic E-state index is 11.2. The first kappa shape index (κ1) is 16.8. The minimum atomic E-state index is -0.991. The summed E-state index contributed by atoms with van der Waals surface area (Å²) in [5, 5.41) is 12.1. The molecule has 0 atom stereocenters. The molecule has 0 spiro atoms. The van der Waals surface area contributed by atoms with Crippen LogP contribution in [0, 0.1) is 0 Å². The van der Waals surface area contributed by atoms with E-state index in [1.54, 1.807) is 18.2 Å². The van der Waals surface area contributed by atoms with E-state index < -0.39 is 5.97 Å². The predicted octanol–water partition coefficient (Wildman–Crippen LogP) is 4.97. The molecule has 3 aromatic rings. The van der Waals surface area contributed by atoms with Crippen LogP contribution in [0.25, 0.3) is 11.3 Å². The SMILES string of the molecule is O=C(O)c1ccccc1OCc1nc(-c2ccc3c(c2)CCCC3)cs1. The van der Waals surface area contributed by atoms with E-state index in [1.165, 1.54) is 47.8 Å². The fourth-order valence-electron chi connectivity index (χ4n) is 3.31. The molecule has 0 saturated carbocycles. The number of benzene rings is 2. The molecule has 1 aliphatic rings. The number of carboxylic acids is 1. The summed E-state index contributed by atoms with van der Waals surface area (Å²) in [6, 6.07) is 13.3. The number of aryl methyl sites for hydroxylation is 2. The quantitative estimate of drug-likeness (QED) is 0.694. The molecule has 132 valence electrons. The smallest absolute Gasteiger partial charge is 0.339 e. The average molecular weight is 365 g/mol. The Labute approximate surface area is 156 Å². The monoisotopic (exact) mass is 365 g/mol. The molecular formula is C21H19NO3S. The van der Waals surface area contributed by atoms with Crippen molar-refractivity contribution in [2.45, 2.75) is 32.3 Å². The molecule has 5 heteroatoms. The Kier molecular flexibility index (Phi) is 4.71. The second-order valence-electron chi connectivity index (χ2n) is 6.41. The minimum Gasteiger partial charge on any atom is -0.486 e. The van der Waals surface area contributed by atoms with Crippen LogP contribution in [-0.4, -0.2) is 16.1 Å². The van der Waals surface area contributed by atoms with Crippen molar-refractivity contribution in [1.29, 1.82) is 0 Å². The number of fused-ring (bicyclic) bond motifs is 1. The van der Waals surface area contributed by atoms with Crippen LogP contribution in [-0.2, 0) is 19.4 Å². The molecule has 1 N–H and O–H groups in total. The van der Waals surface area contributed by atoms with Gasteiger partial charge in [-0.3, -0.25) is 0 Å². The maximum Gasteiger partial charge on any atom is 0.339 e. The van der Waals surface area contributed by atoms with Crippen LogP contribution in [0.4, 0.5) is 0 Å². The van der Waals surface area contributed by atoms with Crippen LogP contribution in [0.15, 0.2) is 47.8 Å². The molecule has 4 rings (SSSR count). The zero-order chi connectivity index (χ0) is 17.9. The lowest BCUT2D eigenvalue weighted by molar-refractivity contribution is 0.0691. The number of aromatic carboxylic acids is 1. The van der Waals surface area contributed by atoms with Crippen LogP contribution >= 0.6 is 11.3 Å². The summed E-state index contributed by atoms with van der Waals surface area (Å²) >= 11 is 1.53. The van der Waals surface area contributed by atoms with E-state index in [-0.39, 0.29) is 12.2 Å². The molecule has 0 unspecified atom stereocenters. The molecule has 1 aliphatic carbocycles. The van der Waals surface area contributed by atoms with Crippen LogP contribution in [0.3, 0.4) is 0 Å². The number of aromatic nitrogens is 1. The van der Waals surface area contributed by atoms with Gasteiger partial charge in [-0.05, 0) is 55.0 Å². The predicted molar refractivity (Wildman–Crippen MR) is 102 cm³/mol. The van der Waals surface area contributed by atoms with Crippen LogP contribution in [0.2, 0.25) is 0 Å². The van der Waals surface area contributed by atoms with E-state index in [0.29, 0.717) is 5.75 Å². The highest BCUT2D eigenvalue weighted by atomic mass is 32.1. The average Bonchev–Trinajstić information content (AvgIpc) is 3.15. The van der Waals surface area contributed by atoms with Gasteiger partial charge >= 0.3 is 5.97 Å². The van der Waals surface area contributed by atoms with Crippen molar-refractivity contribution >= 4 is 17.3 Å². The third-order valence-electron chi connectivity index (χ3n) is 4.66. The van der Waals surface area contributed by atoms with E-state index in [9.17, 15) is 9.90 Å². The zero-order valence-corrected chi connectivity index (χ0v) is 15.1. The topological polar surface area (TPSA) is 59.4 Å². The van der Waals surface area contributed by atoms with Gasteiger partial charge in [0, 0.05) is 10.9 Å². The first-order valence-electron chi connectivity index (χ1n) is 8.72. The van der Waals surface area contributed by atoms with Gasteiger partial charge in [0.15, 0.2) is 0 Å². The number of hydrogen-bond donors (Lipinski definition) is 1. The highest BCUT2D eigenvalue weighted by Crippen LogP contribution is 2.29. The number of hydrogen-bond acceptors (Lipinski definition) is 4. The van der Waals surface area contributed by atoms with Crippen molar-refractivity contribution < 1.29 is 14.6 Å². The minimum absolute atomic E-state index is 0.166. The Bertz CT molecular complexity index is 948. The fraction of sp³-hybridized carbons (Fsp3) is 0.238. The normalized spacial score (nSPS) is 13.2. The Morgan fingerprint density at radius 3 is 2.77 bits per heavy atom. The van der Waals surface area contributed by atoms with Gasteiger partial charge in [0.25, 0.3) is 0 Å². The third-order valence-corrected chi connectivity index (χ3v) is 5.49. The first-order valence-corrected chi connectivity index (χ1v) is 9.60. The van der Waals surface area contributed by atoms with Gasteiger partial charge in [-0.15, -0.1) is 11.3 Å². The highest BCUT2D eigenvalue weighted by molar-refractivity contribution is 7.09. The summed E-state index contributed by atoms with van der Waals surface area (Å²) in [6.07, 6.45) is 4.86. The lowest BCUT2D eigenvalue weighted by Gasteiger charge is -2.16. The summed E-state index contributed by atoms with van der Waals surface area (Å²) < 4.78 is 5.69. The molecule has 2 aromatic carbocycles. The van der Waals surface area contributed by atoms with Gasteiger partial charge in [0.05, 0.1) is 5.69 Å². The van der Waals surface area contributed by atoms with Gasteiger partial charge < -0.3 is 9.84 Å². The number of ether oxygens (including phenoxy) is 1. The van der Waals surface area contributed by atoms with Crippen LogP contribution in [0.1, 0.15) is 39.3 Å². The van der Waals surface area contributed by atoms with Gasteiger partial charge in [0.2, 0.25) is 0 Å².